The van der Waals surface area contributed by atoms with Crippen LogP contribution in [0.1, 0.15) is 17.9 Å². The monoisotopic (exact) mass is 349 g/mol. The molecule has 0 N–H and O–H groups in total. The molecule has 3 heterocycles. The molecule has 6 heteroatoms. The van der Waals surface area contributed by atoms with E-state index in [2.05, 4.69) is 62.4 Å². The first-order valence-electron chi connectivity index (χ1n) is 8.97. The van der Waals surface area contributed by atoms with Crippen LogP contribution in [0.2, 0.25) is 0 Å². The predicted molar refractivity (Wildman–Crippen MR) is 99.1 cm³/mol. The van der Waals surface area contributed by atoms with Gasteiger partial charge in [-0.05, 0) is 31.2 Å². The second-order valence-electron chi connectivity index (χ2n) is 6.82. The van der Waals surface area contributed by atoms with Crippen LogP contribution in [0.5, 0.6) is 0 Å². The quantitative estimate of drug-likeness (QED) is 0.682. The Labute approximate surface area is 153 Å². The molecule has 6 nitrogen and oxygen atoms in total. The van der Waals surface area contributed by atoms with Gasteiger partial charge in [-0.2, -0.15) is 0 Å². The van der Waals surface area contributed by atoms with Crippen molar-refractivity contribution < 1.29 is 4.42 Å². The lowest BCUT2D eigenvalue weighted by Gasteiger charge is -2.23. The minimum atomic E-state index is 0.507. The molecule has 2 aromatic heterocycles. The van der Waals surface area contributed by atoms with E-state index < -0.39 is 0 Å². The molecular weight excluding hydrogens is 326 g/mol. The molecule has 0 spiro atoms. The second kappa shape index (κ2) is 7.76. The molecular formula is C20H23N5O. The molecule has 1 aliphatic rings. The van der Waals surface area contributed by atoms with E-state index in [1.54, 1.807) is 12.4 Å². The Hall–Kier alpha value is -2.57. The van der Waals surface area contributed by atoms with Gasteiger partial charge in [0.2, 0.25) is 11.8 Å². The first kappa shape index (κ1) is 16.9. The Balaban J connectivity index is 1.33. The molecule has 1 fully saturated rings. The summed E-state index contributed by atoms with van der Waals surface area (Å²) in [6.45, 7) is 3.86. The van der Waals surface area contributed by atoms with E-state index in [1.807, 2.05) is 12.1 Å². The van der Waals surface area contributed by atoms with Gasteiger partial charge < -0.3 is 4.42 Å². The van der Waals surface area contributed by atoms with Crippen LogP contribution in [-0.4, -0.2) is 51.2 Å². The molecule has 3 aromatic rings. The van der Waals surface area contributed by atoms with Gasteiger partial charge in [0.25, 0.3) is 0 Å². The lowest BCUT2D eigenvalue weighted by molar-refractivity contribution is 0.206. The number of benzene rings is 1. The van der Waals surface area contributed by atoms with Gasteiger partial charge in [-0.25, -0.2) is 0 Å². The van der Waals surface area contributed by atoms with Gasteiger partial charge in [0, 0.05) is 38.1 Å². The third-order valence-electron chi connectivity index (χ3n) is 4.88. The maximum Gasteiger partial charge on any atom is 0.249 e. The standard InChI is InChI=1S/C20H23N5O/c1-24(15-19-22-23-20(26-19)17-8-5-10-21-12-17)18-9-11-25(14-18)13-16-6-3-2-4-7-16/h2-8,10,12,18H,9,11,13-15H2,1H3. The summed E-state index contributed by atoms with van der Waals surface area (Å²) >= 11 is 0. The zero-order valence-corrected chi connectivity index (χ0v) is 15.0. The number of hydrogen-bond acceptors (Lipinski definition) is 6. The van der Waals surface area contributed by atoms with Crippen LogP contribution in [-0.2, 0) is 13.1 Å². The van der Waals surface area contributed by atoms with E-state index in [0.717, 1.165) is 31.6 Å². The number of aromatic nitrogens is 3. The number of hydrogen-bond donors (Lipinski definition) is 0. The predicted octanol–water partition coefficient (Wildman–Crippen LogP) is 2.84. The number of likely N-dealkylation sites (N-methyl/N-ethyl adjacent to an activating group) is 1. The fraction of sp³-hybridized carbons (Fsp3) is 0.350. The van der Waals surface area contributed by atoms with Crippen molar-refractivity contribution >= 4 is 0 Å². The van der Waals surface area contributed by atoms with E-state index in [-0.39, 0.29) is 0 Å². The largest absolute Gasteiger partial charge is 0.419 e. The smallest absolute Gasteiger partial charge is 0.249 e. The van der Waals surface area contributed by atoms with Crippen LogP contribution < -0.4 is 0 Å². The first-order valence-corrected chi connectivity index (χ1v) is 8.97. The molecule has 1 atom stereocenters. The number of rotatable bonds is 6. The van der Waals surface area contributed by atoms with Crippen molar-refractivity contribution in [2.24, 2.45) is 0 Å². The summed E-state index contributed by atoms with van der Waals surface area (Å²) in [7, 11) is 2.13. The highest BCUT2D eigenvalue weighted by atomic mass is 16.4. The number of likely N-dealkylation sites (tertiary alicyclic amines) is 1. The average molecular weight is 349 g/mol. The van der Waals surface area contributed by atoms with E-state index in [4.69, 9.17) is 4.42 Å². The van der Waals surface area contributed by atoms with Gasteiger partial charge in [-0.3, -0.25) is 14.8 Å². The average Bonchev–Trinajstić information content (AvgIpc) is 3.33. The van der Waals surface area contributed by atoms with E-state index in [9.17, 15) is 0 Å². The molecule has 1 saturated heterocycles. The molecule has 1 aliphatic heterocycles. The lowest BCUT2D eigenvalue weighted by atomic mass is 10.2. The topological polar surface area (TPSA) is 58.3 Å². The van der Waals surface area contributed by atoms with Crippen LogP contribution in [0.15, 0.2) is 59.3 Å². The molecule has 26 heavy (non-hydrogen) atoms. The van der Waals surface area contributed by atoms with Gasteiger partial charge in [0.05, 0.1) is 12.1 Å². The van der Waals surface area contributed by atoms with Crippen molar-refractivity contribution in [1.82, 2.24) is 25.0 Å². The minimum Gasteiger partial charge on any atom is -0.419 e. The summed E-state index contributed by atoms with van der Waals surface area (Å²) < 4.78 is 5.80. The molecule has 0 saturated carbocycles. The van der Waals surface area contributed by atoms with Crippen LogP contribution >= 0.6 is 0 Å². The maximum absolute atomic E-state index is 5.80. The van der Waals surface area contributed by atoms with Crippen LogP contribution in [0.3, 0.4) is 0 Å². The summed E-state index contributed by atoms with van der Waals surface area (Å²) in [5.74, 6) is 1.17. The molecule has 0 aliphatic carbocycles. The summed E-state index contributed by atoms with van der Waals surface area (Å²) in [5, 5.41) is 8.33. The zero-order chi connectivity index (χ0) is 17.8. The highest BCUT2D eigenvalue weighted by Gasteiger charge is 2.26. The molecule has 1 aromatic carbocycles. The van der Waals surface area contributed by atoms with E-state index in [1.165, 1.54) is 5.56 Å². The SMILES string of the molecule is CN(Cc1nnc(-c2cccnc2)o1)C1CCN(Cc2ccccc2)C1. The van der Waals surface area contributed by atoms with Gasteiger partial charge in [0.1, 0.15) is 0 Å². The third kappa shape index (κ3) is 3.98. The van der Waals surface area contributed by atoms with Crippen LogP contribution in [0.25, 0.3) is 11.5 Å². The normalized spacial score (nSPS) is 17.8. The molecule has 0 amide bonds. The van der Waals surface area contributed by atoms with Crippen molar-refractivity contribution in [1.29, 1.82) is 0 Å². The summed E-state index contributed by atoms with van der Waals surface area (Å²) in [4.78, 5) is 8.91. The first-order chi connectivity index (χ1) is 12.8. The highest BCUT2D eigenvalue weighted by molar-refractivity contribution is 5.49. The van der Waals surface area contributed by atoms with Crippen molar-refractivity contribution in [3.63, 3.8) is 0 Å². The molecule has 0 radical (unpaired) electrons. The number of nitrogens with zero attached hydrogens (tertiary/aromatic N) is 5. The Morgan fingerprint density at radius 1 is 1.15 bits per heavy atom. The second-order valence-corrected chi connectivity index (χ2v) is 6.82. The van der Waals surface area contributed by atoms with Crippen LogP contribution in [0.4, 0.5) is 0 Å². The fourth-order valence-corrected chi connectivity index (χ4v) is 3.42. The third-order valence-corrected chi connectivity index (χ3v) is 4.88. The Bertz CT molecular complexity index is 820. The molecule has 1 unspecified atom stereocenters. The summed E-state index contributed by atoms with van der Waals surface area (Å²) in [5.41, 5.74) is 2.22. The fourth-order valence-electron chi connectivity index (χ4n) is 3.42. The minimum absolute atomic E-state index is 0.507. The highest BCUT2D eigenvalue weighted by Crippen LogP contribution is 2.20. The summed E-state index contributed by atoms with van der Waals surface area (Å²) in [6.07, 6.45) is 4.63. The molecule has 0 bridgehead atoms. The summed E-state index contributed by atoms with van der Waals surface area (Å²) in [6, 6.07) is 14.9. The van der Waals surface area contributed by atoms with E-state index >= 15 is 0 Å². The van der Waals surface area contributed by atoms with Gasteiger partial charge in [-0.15, -0.1) is 10.2 Å². The van der Waals surface area contributed by atoms with Gasteiger partial charge >= 0.3 is 0 Å². The van der Waals surface area contributed by atoms with Gasteiger partial charge in [0.15, 0.2) is 0 Å². The van der Waals surface area contributed by atoms with Crippen molar-refractivity contribution in [3.05, 3.63) is 66.3 Å². The zero-order valence-electron chi connectivity index (χ0n) is 15.0. The Kier molecular flexibility index (Phi) is 5.04. The molecule has 134 valence electrons. The van der Waals surface area contributed by atoms with Crippen molar-refractivity contribution in [2.45, 2.75) is 25.6 Å². The lowest BCUT2D eigenvalue weighted by Crippen LogP contribution is -2.34. The maximum atomic E-state index is 5.80. The Morgan fingerprint density at radius 2 is 2.04 bits per heavy atom. The van der Waals surface area contributed by atoms with Crippen molar-refractivity contribution in [2.75, 3.05) is 20.1 Å². The van der Waals surface area contributed by atoms with Crippen molar-refractivity contribution in [3.8, 4) is 11.5 Å². The molecule has 4 rings (SSSR count). The Morgan fingerprint density at radius 3 is 2.85 bits per heavy atom. The van der Waals surface area contributed by atoms with Crippen LogP contribution in [0, 0.1) is 0 Å². The van der Waals surface area contributed by atoms with E-state index in [0.29, 0.717) is 24.4 Å². The van der Waals surface area contributed by atoms with Gasteiger partial charge in [-0.1, -0.05) is 30.3 Å². The number of pyridine rings is 1.